The third kappa shape index (κ3) is 3.81. The number of hydrogen-bond acceptors (Lipinski definition) is 7. The smallest absolute Gasteiger partial charge is 0.353 e. The van der Waals surface area contributed by atoms with E-state index in [0.717, 1.165) is 6.42 Å². The number of nitrogens with one attached hydrogen (secondary N) is 1. The van der Waals surface area contributed by atoms with Gasteiger partial charge in [-0.15, -0.1) is 0 Å². The highest BCUT2D eigenvalue weighted by Gasteiger charge is 2.31. The van der Waals surface area contributed by atoms with Crippen LogP contribution in [0.15, 0.2) is 24.3 Å². The summed E-state index contributed by atoms with van der Waals surface area (Å²) >= 11 is 0. The first-order valence-electron chi connectivity index (χ1n) is 8.43. The zero-order valence-electron chi connectivity index (χ0n) is 14.6. The Morgan fingerprint density at radius 1 is 1.31 bits per heavy atom. The predicted octanol–water partition coefficient (Wildman–Crippen LogP) is 3.33. The third-order valence-corrected chi connectivity index (χ3v) is 4.32. The van der Waals surface area contributed by atoms with Crippen molar-refractivity contribution in [2.75, 3.05) is 29.0 Å². The standard InChI is InChI=1S/C17H21FN6O2/c1-10-6-11(2)9-23(8-10)16-14(24(25)26)15(19)21-17(22-16)20-13-5-3-4-12(18)7-13/h3-5,7,10-11H,6,8-9H2,1-2H3,(H3,19,20,21,22)/t10-,11-/m0/s1. The lowest BCUT2D eigenvalue weighted by Gasteiger charge is -2.35. The molecular weight excluding hydrogens is 339 g/mol. The van der Waals surface area contributed by atoms with E-state index in [2.05, 4.69) is 29.1 Å². The number of aromatic nitrogens is 2. The average molecular weight is 360 g/mol. The quantitative estimate of drug-likeness (QED) is 0.635. The zero-order chi connectivity index (χ0) is 18.8. The fourth-order valence-electron chi connectivity index (χ4n) is 3.44. The maximum Gasteiger partial charge on any atom is 0.353 e. The van der Waals surface area contributed by atoms with Crippen LogP contribution in [0.25, 0.3) is 0 Å². The Bertz CT molecular complexity index is 821. The van der Waals surface area contributed by atoms with Crippen molar-refractivity contribution in [1.82, 2.24) is 9.97 Å². The van der Waals surface area contributed by atoms with Crippen LogP contribution < -0.4 is 16.0 Å². The molecule has 9 heteroatoms. The predicted molar refractivity (Wildman–Crippen MR) is 97.9 cm³/mol. The van der Waals surface area contributed by atoms with Gasteiger partial charge < -0.3 is 16.0 Å². The highest BCUT2D eigenvalue weighted by Crippen LogP contribution is 2.35. The normalized spacial score (nSPS) is 20.0. The van der Waals surface area contributed by atoms with Gasteiger partial charge in [0.05, 0.1) is 4.92 Å². The summed E-state index contributed by atoms with van der Waals surface area (Å²) in [6, 6.07) is 5.79. The van der Waals surface area contributed by atoms with E-state index in [-0.39, 0.29) is 23.3 Å². The summed E-state index contributed by atoms with van der Waals surface area (Å²) in [5.41, 5.74) is 5.99. The molecule has 0 unspecified atom stereocenters. The number of nitro groups is 1. The van der Waals surface area contributed by atoms with E-state index in [1.807, 2.05) is 4.90 Å². The summed E-state index contributed by atoms with van der Waals surface area (Å²) in [5, 5.41) is 14.4. The topological polar surface area (TPSA) is 110 Å². The number of piperidine rings is 1. The number of nitrogen functional groups attached to an aromatic ring is 1. The van der Waals surface area contributed by atoms with Crippen molar-refractivity contribution in [3.63, 3.8) is 0 Å². The number of rotatable bonds is 4. The Kier molecular flexibility index (Phi) is 4.88. The molecule has 138 valence electrons. The van der Waals surface area contributed by atoms with E-state index in [0.29, 0.717) is 30.6 Å². The molecule has 26 heavy (non-hydrogen) atoms. The van der Waals surface area contributed by atoms with Gasteiger partial charge in [-0.25, -0.2) is 4.39 Å². The Balaban J connectivity index is 2.00. The van der Waals surface area contributed by atoms with Crippen molar-refractivity contribution in [2.45, 2.75) is 20.3 Å². The van der Waals surface area contributed by atoms with Crippen molar-refractivity contribution in [1.29, 1.82) is 0 Å². The second-order valence-electron chi connectivity index (χ2n) is 6.85. The monoisotopic (exact) mass is 360 g/mol. The van der Waals surface area contributed by atoms with Crippen molar-refractivity contribution in [3.05, 3.63) is 40.2 Å². The molecule has 1 aromatic heterocycles. The van der Waals surface area contributed by atoms with E-state index in [9.17, 15) is 14.5 Å². The van der Waals surface area contributed by atoms with Crippen molar-refractivity contribution in [2.24, 2.45) is 11.8 Å². The van der Waals surface area contributed by atoms with Crippen LogP contribution >= 0.6 is 0 Å². The minimum atomic E-state index is -0.555. The summed E-state index contributed by atoms with van der Waals surface area (Å²) in [4.78, 5) is 21.1. The molecule has 0 aliphatic carbocycles. The number of hydrogen-bond donors (Lipinski definition) is 2. The van der Waals surface area contributed by atoms with Gasteiger partial charge in [0, 0.05) is 18.8 Å². The number of nitrogens with zero attached hydrogens (tertiary/aromatic N) is 4. The molecule has 1 saturated heterocycles. The van der Waals surface area contributed by atoms with Crippen LogP contribution in [0.5, 0.6) is 0 Å². The van der Waals surface area contributed by atoms with Crippen LogP contribution in [0.1, 0.15) is 20.3 Å². The summed E-state index contributed by atoms with van der Waals surface area (Å²) < 4.78 is 13.4. The molecule has 2 aromatic rings. The van der Waals surface area contributed by atoms with E-state index >= 15 is 0 Å². The molecular formula is C17H21FN6O2. The zero-order valence-corrected chi connectivity index (χ0v) is 14.6. The van der Waals surface area contributed by atoms with Crippen molar-refractivity contribution < 1.29 is 9.31 Å². The van der Waals surface area contributed by atoms with Crippen LogP contribution in [-0.2, 0) is 0 Å². The highest BCUT2D eigenvalue weighted by atomic mass is 19.1. The average Bonchev–Trinajstić information content (AvgIpc) is 2.53. The van der Waals surface area contributed by atoms with Crippen LogP contribution in [0.3, 0.4) is 0 Å². The number of halogens is 1. The molecule has 0 saturated carbocycles. The summed E-state index contributed by atoms with van der Waals surface area (Å²) in [6.45, 7) is 5.51. The first kappa shape index (κ1) is 17.8. The molecule has 1 aliphatic rings. The van der Waals surface area contributed by atoms with Crippen LogP contribution in [-0.4, -0.2) is 28.0 Å². The summed E-state index contributed by atoms with van der Waals surface area (Å²) in [6.07, 6.45) is 1.05. The van der Waals surface area contributed by atoms with Gasteiger partial charge in [-0.1, -0.05) is 19.9 Å². The van der Waals surface area contributed by atoms with E-state index < -0.39 is 10.7 Å². The number of nitrogens with two attached hydrogens (primary N) is 1. The molecule has 0 spiro atoms. The van der Waals surface area contributed by atoms with E-state index in [4.69, 9.17) is 5.73 Å². The Morgan fingerprint density at radius 2 is 2.00 bits per heavy atom. The SMILES string of the molecule is C[C@H]1C[C@H](C)CN(c2nc(Nc3cccc(F)c3)nc(N)c2[N+](=O)[O-])C1. The Hall–Kier alpha value is -2.97. The lowest BCUT2D eigenvalue weighted by Crippen LogP contribution is -2.39. The lowest BCUT2D eigenvalue weighted by molar-refractivity contribution is -0.383. The lowest BCUT2D eigenvalue weighted by atomic mass is 9.92. The number of anilines is 4. The highest BCUT2D eigenvalue weighted by molar-refractivity contribution is 5.72. The van der Waals surface area contributed by atoms with Gasteiger partial charge in [0.1, 0.15) is 5.82 Å². The van der Waals surface area contributed by atoms with Gasteiger partial charge in [-0.2, -0.15) is 9.97 Å². The van der Waals surface area contributed by atoms with Gasteiger partial charge in [0.25, 0.3) is 0 Å². The van der Waals surface area contributed by atoms with Crippen LogP contribution in [0.4, 0.5) is 33.3 Å². The molecule has 0 bridgehead atoms. The third-order valence-electron chi connectivity index (χ3n) is 4.32. The first-order chi connectivity index (χ1) is 12.3. The molecule has 2 heterocycles. The summed E-state index contributed by atoms with van der Waals surface area (Å²) in [7, 11) is 0. The van der Waals surface area contributed by atoms with E-state index in [1.165, 1.54) is 12.1 Å². The largest absolute Gasteiger partial charge is 0.378 e. The van der Waals surface area contributed by atoms with Crippen LogP contribution in [0, 0.1) is 27.8 Å². The molecule has 3 rings (SSSR count). The maximum absolute atomic E-state index is 13.4. The summed E-state index contributed by atoms with van der Waals surface area (Å²) in [5.74, 6) is 0.427. The van der Waals surface area contributed by atoms with Crippen molar-refractivity contribution in [3.8, 4) is 0 Å². The van der Waals surface area contributed by atoms with Gasteiger partial charge in [0.2, 0.25) is 17.6 Å². The molecule has 1 aliphatic heterocycles. The molecule has 3 N–H and O–H groups in total. The molecule has 0 radical (unpaired) electrons. The first-order valence-corrected chi connectivity index (χ1v) is 8.43. The Morgan fingerprint density at radius 3 is 2.62 bits per heavy atom. The number of benzene rings is 1. The second-order valence-corrected chi connectivity index (χ2v) is 6.85. The van der Waals surface area contributed by atoms with Gasteiger partial charge in [0.15, 0.2) is 0 Å². The maximum atomic E-state index is 13.4. The second kappa shape index (κ2) is 7.11. The minimum absolute atomic E-state index is 0.0968. The molecule has 2 atom stereocenters. The van der Waals surface area contributed by atoms with Crippen LogP contribution in [0.2, 0.25) is 0 Å². The molecule has 1 aromatic carbocycles. The van der Waals surface area contributed by atoms with Gasteiger partial charge in [-0.3, -0.25) is 10.1 Å². The molecule has 1 fully saturated rings. The minimum Gasteiger partial charge on any atom is -0.378 e. The fraction of sp³-hybridized carbons (Fsp3) is 0.412. The Labute approximate surface area is 150 Å². The van der Waals surface area contributed by atoms with Crippen molar-refractivity contribution >= 4 is 29.0 Å². The van der Waals surface area contributed by atoms with Gasteiger partial charge in [-0.05, 0) is 36.5 Å². The fourth-order valence-corrected chi connectivity index (χ4v) is 3.44. The van der Waals surface area contributed by atoms with E-state index in [1.54, 1.807) is 12.1 Å². The van der Waals surface area contributed by atoms with Gasteiger partial charge >= 0.3 is 5.69 Å². The molecule has 0 amide bonds. The molecule has 8 nitrogen and oxygen atoms in total.